The Morgan fingerprint density at radius 1 is 1.19 bits per heavy atom. The minimum absolute atomic E-state index is 0.0815. The number of benzene rings is 1. The summed E-state index contributed by atoms with van der Waals surface area (Å²) in [6.45, 7) is 1.92. The van der Waals surface area contributed by atoms with Gasteiger partial charge in [-0.05, 0) is 59.3 Å². The molecule has 3 aromatic rings. The highest BCUT2D eigenvalue weighted by Crippen LogP contribution is 2.49. The van der Waals surface area contributed by atoms with Gasteiger partial charge < -0.3 is 14.9 Å². The second-order valence-corrected chi connectivity index (χ2v) is 7.92. The average molecular weight is 378 g/mol. The quantitative estimate of drug-likeness (QED) is 0.675. The number of carbonyl (C=O) groups is 1. The second-order valence-electron chi connectivity index (χ2n) is 7.14. The van der Waals surface area contributed by atoms with E-state index < -0.39 is 0 Å². The number of nitrogens with one attached hydrogen (secondary N) is 1. The van der Waals surface area contributed by atoms with Gasteiger partial charge in [0, 0.05) is 23.6 Å². The van der Waals surface area contributed by atoms with E-state index in [1.165, 1.54) is 0 Å². The van der Waals surface area contributed by atoms with Crippen molar-refractivity contribution >= 4 is 23.0 Å². The Hall–Kier alpha value is -2.86. The van der Waals surface area contributed by atoms with Crippen LogP contribution in [0, 0.1) is 6.92 Å². The normalized spacial score (nSPS) is 21.6. The molecule has 2 aromatic heterocycles. The standard InChI is InChI=1S/C21H18N2O3S/c1-11-18-19(13-6-7-27-10-13)20-16(22-21(18)26-23-11)8-14(9-17(20)25)12-2-4-15(24)5-3-12/h2-7,10,14,19,22,24H,8-9H2,1H3/t14-,19+/m0/s1. The van der Waals surface area contributed by atoms with Crippen LogP contribution in [0.25, 0.3) is 0 Å². The summed E-state index contributed by atoms with van der Waals surface area (Å²) in [5, 5.41) is 21.1. The molecule has 0 bridgehead atoms. The topological polar surface area (TPSA) is 75.4 Å². The molecule has 0 amide bonds. The molecule has 5 nitrogen and oxygen atoms in total. The summed E-state index contributed by atoms with van der Waals surface area (Å²) in [7, 11) is 0. The van der Waals surface area contributed by atoms with Crippen molar-refractivity contribution in [3.8, 4) is 5.75 Å². The number of rotatable bonds is 2. The molecule has 5 rings (SSSR count). The number of nitrogens with zero attached hydrogens (tertiary/aromatic N) is 1. The van der Waals surface area contributed by atoms with Crippen molar-refractivity contribution in [2.75, 3.05) is 5.32 Å². The second kappa shape index (κ2) is 6.09. The Morgan fingerprint density at radius 3 is 2.74 bits per heavy atom. The van der Waals surface area contributed by atoms with Gasteiger partial charge in [0.15, 0.2) is 5.78 Å². The summed E-state index contributed by atoms with van der Waals surface area (Å²) < 4.78 is 5.52. The average Bonchev–Trinajstić information content (AvgIpc) is 3.31. The predicted molar refractivity (Wildman–Crippen MR) is 103 cm³/mol. The Balaban J connectivity index is 1.60. The van der Waals surface area contributed by atoms with Crippen LogP contribution < -0.4 is 5.32 Å². The largest absolute Gasteiger partial charge is 0.508 e. The molecule has 1 aliphatic carbocycles. The van der Waals surface area contributed by atoms with Gasteiger partial charge in [0.05, 0.1) is 11.3 Å². The summed E-state index contributed by atoms with van der Waals surface area (Å²) in [6, 6.07) is 9.19. The van der Waals surface area contributed by atoms with Crippen molar-refractivity contribution in [2.45, 2.75) is 31.6 Å². The van der Waals surface area contributed by atoms with Crippen molar-refractivity contribution in [3.05, 3.63) is 74.7 Å². The van der Waals surface area contributed by atoms with E-state index >= 15 is 0 Å². The molecule has 2 atom stereocenters. The molecular weight excluding hydrogens is 360 g/mol. The molecule has 0 spiro atoms. The van der Waals surface area contributed by atoms with E-state index in [9.17, 15) is 9.90 Å². The Labute approximate surface area is 160 Å². The molecule has 0 fully saturated rings. The number of phenolic OH excluding ortho intramolecular Hbond substituents is 1. The van der Waals surface area contributed by atoms with Gasteiger partial charge in [-0.1, -0.05) is 17.3 Å². The SMILES string of the molecule is Cc1noc2c1[C@@H](c1ccsc1)C1=C(C[C@H](c3ccc(O)cc3)CC1=O)N2. The Bertz CT molecular complexity index is 1050. The molecule has 1 aliphatic heterocycles. The number of hydrogen-bond donors (Lipinski definition) is 2. The van der Waals surface area contributed by atoms with E-state index in [2.05, 4.69) is 21.9 Å². The van der Waals surface area contributed by atoms with Crippen LogP contribution >= 0.6 is 11.3 Å². The number of allylic oxidation sites excluding steroid dienone is 2. The Kier molecular flexibility index (Phi) is 3.68. The van der Waals surface area contributed by atoms with Crippen LogP contribution in [-0.2, 0) is 4.79 Å². The molecule has 2 N–H and O–H groups in total. The number of anilines is 1. The molecule has 3 heterocycles. The summed E-state index contributed by atoms with van der Waals surface area (Å²) in [5.41, 5.74) is 5.70. The number of fused-ring (bicyclic) bond motifs is 1. The van der Waals surface area contributed by atoms with Crippen LogP contribution in [0.15, 0.2) is 56.9 Å². The van der Waals surface area contributed by atoms with Crippen molar-refractivity contribution in [1.82, 2.24) is 5.16 Å². The molecule has 1 aromatic carbocycles. The van der Waals surface area contributed by atoms with Crippen LogP contribution in [0.4, 0.5) is 5.88 Å². The van der Waals surface area contributed by atoms with Gasteiger partial charge in [0.1, 0.15) is 5.75 Å². The first-order chi connectivity index (χ1) is 13.1. The zero-order chi connectivity index (χ0) is 18.5. The summed E-state index contributed by atoms with van der Waals surface area (Å²) in [4.78, 5) is 13.2. The molecule has 0 saturated carbocycles. The number of Topliss-reactive ketones (excluding diaryl/α,β-unsaturated/α-hetero) is 1. The molecule has 27 heavy (non-hydrogen) atoms. The lowest BCUT2D eigenvalue weighted by atomic mass is 9.73. The van der Waals surface area contributed by atoms with E-state index in [1.54, 1.807) is 23.5 Å². The minimum atomic E-state index is -0.123. The minimum Gasteiger partial charge on any atom is -0.508 e. The van der Waals surface area contributed by atoms with Gasteiger partial charge in [-0.25, -0.2) is 0 Å². The fourth-order valence-electron chi connectivity index (χ4n) is 4.23. The lowest BCUT2D eigenvalue weighted by molar-refractivity contribution is -0.116. The number of hydrogen-bond acceptors (Lipinski definition) is 6. The number of thiophene rings is 1. The molecular formula is C21H18N2O3S. The van der Waals surface area contributed by atoms with E-state index in [0.717, 1.165) is 40.1 Å². The Morgan fingerprint density at radius 2 is 2.00 bits per heavy atom. The summed E-state index contributed by atoms with van der Waals surface area (Å²) in [6.07, 6.45) is 1.19. The fourth-order valence-corrected chi connectivity index (χ4v) is 4.91. The van der Waals surface area contributed by atoms with Gasteiger partial charge in [0.25, 0.3) is 0 Å². The first-order valence-corrected chi connectivity index (χ1v) is 9.86. The summed E-state index contributed by atoms with van der Waals surface area (Å²) >= 11 is 1.63. The number of phenols is 1. The number of aryl methyl sites for hydroxylation is 1. The molecule has 2 aliphatic rings. The zero-order valence-corrected chi connectivity index (χ0v) is 15.5. The maximum atomic E-state index is 13.2. The van der Waals surface area contributed by atoms with Crippen LogP contribution in [0.5, 0.6) is 5.75 Å². The maximum absolute atomic E-state index is 13.2. The lowest BCUT2D eigenvalue weighted by Crippen LogP contribution is -2.29. The highest BCUT2D eigenvalue weighted by Gasteiger charge is 2.41. The third kappa shape index (κ3) is 2.59. The molecule has 6 heteroatoms. The van der Waals surface area contributed by atoms with E-state index in [1.807, 2.05) is 24.4 Å². The number of aromatic hydroxyl groups is 1. The predicted octanol–water partition coefficient (Wildman–Crippen LogP) is 4.71. The first-order valence-electron chi connectivity index (χ1n) is 8.92. The zero-order valence-electron chi connectivity index (χ0n) is 14.7. The van der Waals surface area contributed by atoms with Crippen molar-refractivity contribution in [1.29, 1.82) is 0 Å². The van der Waals surface area contributed by atoms with E-state index in [0.29, 0.717) is 12.3 Å². The van der Waals surface area contributed by atoms with Gasteiger partial charge in [0.2, 0.25) is 5.88 Å². The molecule has 136 valence electrons. The highest BCUT2D eigenvalue weighted by atomic mass is 32.1. The van der Waals surface area contributed by atoms with Crippen LogP contribution in [-0.4, -0.2) is 16.0 Å². The third-order valence-electron chi connectivity index (χ3n) is 5.50. The summed E-state index contributed by atoms with van der Waals surface area (Å²) in [5.74, 6) is 0.988. The fraction of sp³-hybridized carbons (Fsp3) is 0.238. The van der Waals surface area contributed by atoms with Gasteiger partial charge in [-0.3, -0.25) is 4.79 Å². The van der Waals surface area contributed by atoms with Crippen LogP contribution in [0.3, 0.4) is 0 Å². The van der Waals surface area contributed by atoms with Gasteiger partial charge >= 0.3 is 0 Å². The lowest BCUT2D eigenvalue weighted by Gasteiger charge is -2.34. The molecule has 0 saturated heterocycles. The molecule has 0 unspecified atom stereocenters. The molecule has 0 radical (unpaired) electrons. The van der Waals surface area contributed by atoms with Gasteiger partial charge in [-0.2, -0.15) is 11.3 Å². The van der Waals surface area contributed by atoms with Crippen molar-refractivity contribution in [3.63, 3.8) is 0 Å². The number of carbonyl (C=O) groups excluding carboxylic acids is 1. The van der Waals surface area contributed by atoms with Crippen molar-refractivity contribution in [2.24, 2.45) is 0 Å². The monoisotopic (exact) mass is 378 g/mol. The van der Waals surface area contributed by atoms with Crippen molar-refractivity contribution < 1.29 is 14.4 Å². The maximum Gasteiger partial charge on any atom is 0.233 e. The highest BCUT2D eigenvalue weighted by molar-refractivity contribution is 7.08. The van der Waals surface area contributed by atoms with E-state index in [4.69, 9.17) is 4.52 Å². The van der Waals surface area contributed by atoms with E-state index in [-0.39, 0.29) is 23.4 Å². The number of aromatic nitrogens is 1. The number of ketones is 1. The smallest absolute Gasteiger partial charge is 0.233 e. The van der Waals surface area contributed by atoms with Crippen LogP contribution in [0.1, 0.15) is 47.1 Å². The first kappa shape index (κ1) is 16.3. The van der Waals surface area contributed by atoms with Gasteiger partial charge in [-0.15, -0.1) is 0 Å². The third-order valence-corrected chi connectivity index (χ3v) is 6.20. The van der Waals surface area contributed by atoms with Crippen LogP contribution in [0.2, 0.25) is 0 Å².